The van der Waals surface area contributed by atoms with Crippen LogP contribution in [-0.4, -0.2) is 11.5 Å². The fourth-order valence-electron chi connectivity index (χ4n) is 1.71. The van der Waals surface area contributed by atoms with Gasteiger partial charge in [-0.15, -0.1) is 0 Å². The van der Waals surface area contributed by atoms with Crippen molar-refractivity contribution < 1.29 is 13.6 Å². The second kappa shape index (κ2) is 6.48. The summed E-state index contributed by atoms with van der Waals surface area (Å²) in [5, 5.41) is 0. The molecule has 0 fully saturated rings. The minimum atomic E-state index is -2.44. The Hall–Kier alpha value is -1.68. The van der Waals surface area contributed by atoms with Crippen molar-refractivity contribution in [3.05, 3.63) is 65.7 Å². The molecule has 2 aromatic rings. The van der Waals surface area contributed by atoms with Gasteiger partial charge in [-0.25, -0.2) is 0 Å². The van der Waals surface area contributed by atoms with Crippen LogP contribution >= 0.6 is 11.8 Å². The topological polar surface area (TPSA) is 17.1 Å². The van der Waals surface area contributed by atoms with Gasteiger partial charge in [0.25, 0.3) is 5.76 Å². The van der Waals surface area contributed by atoms with Gasteiger partial charge < -0.3 is 0 Å². The summed E-state index contributed by atoms with van der Waals surface area (Å²) >= 11 is 0.478. The van der Waals surface area contributed by atoms with Crippen LogP contribution in [0.1, 0.15) is 15.9 Å². The van der Waals surface area contributed by atoms with Gasteiger partial charge in [0, 0.05) is 16.9 Å². The lowest BCUT2D eigenvalue weighted by Crippen LogP contribution is -2.03. The van der Waals surface area contributed by atoms with Crippen LogP contribution in [0.3, 0.4) is 0 Å². The van der Waals surface area contributed by atoms with Gasteiger partial charge in [0.05, 0.1) is 0 Å². The van der Waals surface area contributed by atoms with Crippen LogP contribution in [0.5, 0.6) is 0 Å². The Morgan fingerprint density at radius 1 is 1.00 bits per heavy atom. The van der Waals surface area contributed by atoms with Crippen LogP contribution in [0.4, 0.5) is 8.78 Å². The number of alkyl halides is 2. The smallest absolute Gasteiger partial charge is 0.288 e. The quantitative estimate of drug-likeness (QED) is 0.594. The largest absolute Gasteiger partial charge is 0.294 e. The molecule has 0 amide bonds. The van der Waals surface area contributed by atoms with Crippen molar-refractivity contribution in [2.24, 2.45) is 0 Å². The zero-order chi connectivity index (χ0) is 13.7. The first-order valence-electron chi connectivity index (χ1n) is 5.77. The Kier molecular flexibility index (Phi) is 4.68. The predicted molar refractivity (Wildman–Crippen MR) is 72.8 cm³/mol. The molecule has 0 aliphatic rings. The van der Waals surface area contributed by atoms with Crippen molar-refractivity contribution in [3.8, 4) is 0 Å². The van der Waals surface area contributed by atoms with E-state index in [1.54, 1.807) is 24.3 Å². The molecule has 2 rings (SSSR count). The normalized spacial score (nSPS) is 10.7. The highest BCUT2D eigenvalue weighted by molar-refractivity contribution is 7.99. The molecule has 0 saturated carbocycles. The van der Waals surface area contributed by atoms with Crippen molar-refractivity contribution >= 4 is 17.5 Å². The fraction of sp³-hybridized carbons (Fsp3) is 0.133. The van der Waals surface area contributed by atoms with Crippen LogP contribution in [0.25, 0.3) is 0 Å². The summed E-state index contributed by atoms with van der Waals surface area (Å²) in [6, 6.07) is 15.7. The van der Waals surface area contributed by atoms with Gasteiger partial charge in [0.15, 0.2) is 5.78 Å². The molecule has 0 unspecified atom stereocenters. The first kappa shape index (κ1) is 13.7. The van der Waals surface area contributed by atoms with E-state index < -0.39 is 5.76 Å². The Labute approximate surface area is 114 Å². The Morgan fingerprint density at radius 2 is 1.63 bits per heavy atom. The summed E-state index contributed by atoms with van der Waals surface area (Å²) < 4.78 is 24.3. The van der Waals surface area contributed by atoms with E-state index >= 15 is 0 Å². The monoisotopic (exact) mass is 278 g/mol. The lowest BCUT2D eigenvalue weighted by molar-refractivity contribution is 0.0993. The molecule has 0 radical (unpaired) electrons. The van der Waals surface area contributed by atoms with Gasteiger partial charge in [0.1, 0.15) is 0 Å². The van der Waals surface area contributed by atoms with Gasteiger partial charge in [0.2, 0.25) is 0 Å². The van der Waals surface area contributed by atoms with E-state index in [0.29, 0.717) is 28.6 Å². The number of rotatable bonds is 5. The number of carbonyl (C=O) groups is 1. The van der Waals surface area contributed by atoms with Gasteiger partial charge in [-0.05, 0) is 17.7 Å². The maximum atomic E-state index is 12.2. The molecular formula is C15H12F2OS. The zero-order valence-electron chi connectivity index (χ0n) is 10.1. The molecule has 0 spiro atoms. The second-order valence-corrected chi connectivity index (χ2v) is 5.05. The number of hydrogen-bond acceptors (Lipinski definition) is 2. The molecule has 2 aromatic carbocycles. The highest BCUT2D eigenvalue weighted by Gasteiger charge is 2.09. The summed E-state index contributed by atoms with van der Waals surface area (Å²) in [4.78, 5) is 12.5. The third-order valence-corrected chi connectivity index (χ3v) is 3.33. The predicted octanol–water partition coefficient (Wildman–Crippen LogP) is 4.43. The van der Waals surface area contributed by atoms with Gasteiger partial charge in [-0.1, -0.05) is 54.2 Å². The molecule has 0 saturated heterocycles. The van der Waals surface area contributed by atoms with Crippen molar-refractivity contribution in [1.82, 2.24) is 0 Å². The highest BCUT2D eigenvalue weighted by Crippen LogP contribution is 2.25. The van der Waals surface area contributed by atoms with Crippen LogP contribution in [0, 0.1) is 0 Å². The molecule has 0 aliphatic heterocycles. The summed E-state index contributed by atoms with van der Waals surface area (Å²) in [5.74, 6) is -2.45. The summed E-state index contributed by atoms with van der Waals surface area (Å²) in [5.41, 5.74) is 1.49. The maximum Gasteiger partial charge on any atom is 0.288 e. The third kappa shape index (κ3) is 4.17. The van der Waals surface area contributed by atoms with Crippen LogP contribution in [0.15, 0.2) is 59.5 Å². The lowest BCUT2D eigenvalue weighted by atomic mass is 10.0. The first-order chi connectivity index (χ1) is 9.15. The Bertz CT molecular complexity index is 538. The second-order valence-electron chi connectivity index (χ2n) is 3.99. The highest BCUT2D eigenvalue weighted by atomic mass is 32.2. The molecule has 0 heterocycles. The average molecular weight is 278 g/mol. The molecule has 19 heavy (non-hydrogen) atoms. The minimum Gasteiger partial charge on any atom is -0.294 e. The SMILES string of the molecule is O=C(Cc1ccccc1)c1ccc(SC(F)F)cc1. The van der Waals surface area contributed by atoms with Crippen molar-refractivity contribution in [1.29, 1.82) is 0 Å². The summed E-state index contributed by atoms with van der Waals surface area (Å²) in [7, 11) is 0. The Balaban J connectivity index is 2.04. The molecule has 1 nitrogen and oxygen atoms in total. The number of benzene rings is 2. The molecule has 0 bridgehead atoms. The minimum absolute atomic E-state index is 0.0141. The molecule has 0 atom stereocenters. The molecule has 4 heteroatoms. The number of carbonyl (C=O) groups excluding carboxylic acids is 1. The number of Topliss-reactive ketones (excluding diaryl/α,β-unsaturated/α-hetero) is 1. The van der Waals surface area contributed by atoms with E-state index in [0.717, 1.165) is 5.56 Å². The van der Waals surface area contributed by atoms with Crippen molar-refractivity contribution in [3.63, 3.8) is 0 Å². The molecule has 0 N–H and O–H groups in total. The first-order valence-corrected chi connectivity index (χ1v) is 6.65. The van der Waals surface area contributed by atoms with E-state index in [4.69, 9.17) is 0 Å². The van der Waals surface area contributed by atoms with Crippen LogP contribution < -0.4 is 0 Å². The standard InChI is InChI=1S/C15H12F2OS/c16-15(17)19-13-8-6-12(7-9-13)14(18)10-11-4-2-1-3-5-11/h1-9,15H,10H2. The summed E-state index contributed by atoms with van der Waals surface area (Å²) in [6.07, 6.45) is 0.322. The van der Waals surface area contributed by atoms with Crippen molar-refractivity contribution in [2.75, 3.05) is 0 Å². The van der Waals surface area contributed by atoms with Crippen LogP contribution in [0.2, 0.25) is 0 Å². The van der Waals surface area contributed by atoms with E-state index in [1.807, 2.05) is 30.3 Å². The third-order valence-electron chi connectivity index (χ3n) is 2.61. The molecule has 0 aromatic heterocycles. The van der Waals surface area contributed by atoms with Crippen molar-refractivity contribution in [2.45, 2.75) is 17.1 Å². The van der Waals surface area contributed by atoms with E-state index in [9.17, 15) is 13.6 Å². The zero-order valence-corrected chi connectivity index (χ0v) is 10.9. The van der Waals surface area contributed by atoms with Gasteiger partial charge in [-0.2, -0.15) is 8.78 Å². The number of ketones is 1. The lowest BCUT2D eigenvalue weighted by Gasteiger charge is -2.03. The Morgan fingerprint density at radius 3 is 2.21 bits per heavy atom. The molecule has 0 aliphatic carbocycles. The van der Waals surface area contributed by atoms with E-state index in [2.05, 4.69) is 0 Å². The van der Waals surface area contributed by atoms with Gasteiger partial charge in [-0.3, -0.25) is 4.79 Å². The summed E-state index contributed by atoms with van der Waals surface area (Å²) in [6.45, 7) is 0. The van der Waals surface area contributed by atoms with E-state index in [-0.39, 0.29) is 5.78 Å². The number of thioether (sulfide) groups is 1. The molecular weight excluding hydrogens is 266 g/mol. The maximum absolute atomic E-state index is 12.2. The number of halogens is 2. The molecule has 98 valence electrons. The average Bonchev–Trinajstić information content (AvgIpc) is 2.40. The van der Waals surface area contributed by atoms with E-state index in [1.165, 1.54) is 0 Å². The van der Waals surface area contributed by atoms with Gasteiger partial charge >= 0.3 is 0 Å². The number of hydrogen-bond donors (Lipinski definition) is 0. The van der Waals surface area contributed by atoms with Crippen LogP contribution in [-0.2, 0) is 6.42 Å². The fourth-order valence-corrected chi connectivity index (χ4v) is 2.20.